The molecule has 5 heteroatoms. The smallest absolute Gasteiger partial charge is 0.191 e. The van der Waals surface area contributed by atoms with E-state index < -0.39 is 0 Å². The highest BCUT2D eigenvalue weighted by Gasteiger charge is 2.12. The number of nitrogens with zero attached hydrogens (tertiary/aromatic N) is 3. The van der Waals surface area contributed by atoms with E-state index in [9.17, 15) is 0 Å². The predicted octanol–water partition coefficient (Wildman–Crippen LogP) is 3.48. The second kappa shape index (κ2) is 6.61. The summed E-state index contributed by atoms with van der Waals surface area (Å²) in [5, 5.41) is 9.60. The fraction of sp³-hybridized carbons (Fsp3) is 0.429. The summed E-state index contributed by atoms with van der Waals surface area (Å²) in [6.45, 7) is 5.16. The van der Waals surface area contributed by atoms with Crippen molar-refractivity contribution < 1.29 is 4.74 Å². The zero-order valence-corrected chi connectivity index (χ0v) is 12.4. The van der Waals surface area contributed by atoms with Gasteiger partial charge in [0.25, 0.3) is 0 Å². The molecule has 0 aliphatic rings. The van der Waals surface area contributed by atoms with E-state index in [4.69, 9.17) is 4.74 Å². The molecule has 0 saturated carbocycles. The molecule has 0 atom stereocenters. The van der Waals surface area contributed by atoms with Crippen LogP contribution in [0.3, 0.4) is 0 Å². The first kappa shape index (κ1) is 13.9. The Balaban J connectivity index is 2.30. The monoisotopic (exact) mass is 277 g/mol. The fourth-order valence-electron chi connectivity index (χ4n) is 1.83. The largest absolute Gasteiger partial charge is 0.497 e. The minimum Gasteiger partial charge on any atom is -0.497 e. The van der Waals surface area contributed by atoms with Gasteiger partial charge in [-0.2, -0.15) is 0 Å². The molecule has 102 valence electrons. The van der Waals surface area contributed by atoms with Crippen molar-refractivity contribution in [3.8, 4) is 17.1 Å². The Hall–Kier alpha value is -1.49. The summed E-state index contributed by atoms with van der Waals surface area (Å²) in [6.07, 6.45) is 1.14. The molecule has 0 saturated heterocycles. The van der Waals surface area contributed by atoms with Gasteiger partial charge in [0.2, 0.25) is 0 Å². The lowest BCUT2D eigenvalue weighted by Crippen LogP contribution is -2.00. The molecule has 0 fully saturated rings. The maximum absolute atomic E-state index is 5.17. The molecule has 2 rings (SSSR count). The van der Waals surface area contributed by atoms with Gasteiger partial charge in [0.15, 0.2) is 11.0 Å². The highest BCUT2D eigenvalue weighted by molar-refractivity contribution is 7.99. The Morgan fingerprint density at radius 3 is 2.47 bits per heavy atom. The highest BCUT2D eigenvalue weighted by Crippen LogP contribution is 2.25. The van der Waals surface area contributed by atoms with Crippen molar-refractivity contribution >= 4 is 11.8 Å². The van der Waals surface area contributed by atoms with Gasteiger partial charge in [-0.1, -0.05) is 18.7 Å². The summed E-state index contributed by atoms with van der Waals surface area (Å²) in [4.78, 5) is 0. The van der Waals surface area contributed by atoms with Crippen LogP contribution < -0.4 is 4.74 Å². The first-order valence-electron chi connectivity index (χ1n) is 6.50. The summed E-state index contributed by atoms with van der Waals surface area (Å²) < 4.78 is 7.33. The van der Waals surface area contributed by atoms with Crippen molar-refractivity contribution in [2.24, 2.45) is 0 Å². The molecule has 4 nitrogen and oxygen atoms in total. The Labute approximate surface area is 118 Å². The Morgan fingerprint density at radius 2 is 1.89 bits per heavy atom. The number of hydrogen-bond acceptors (Lipinski definition) is 4. The Kier molecular flexibility index (Phi) is 4.85. The van der Waals surface area contributed by atoms with Gasteiger partial charge >= 0.3 is 0 Å². The normalized spacial score (nSPS) is 10.7. The fourth-order valence-corrected chi connectivity index (χ4v) is 2.68. The molecule has 2 aromatic rings. The van der Waals surface area contributed by atoms with Crippen LogP contribution in [0, 0.1) is 0 Å². The molecule has 1 heterocycles. The van der Waals surface area contributed by atoms with Crippen LogP contribution in [0.5, 0.6) is 5.75 Å². The zero-order valence-electron chi connectivity index (χ0n) is 11.6. The summed E-state index contributed by atoms with van der Waals surface area (Å²) in [7, 11) is 1.67. The zero-order chi connectivity index (χ0) is 13.7. The van der Waals surface area contributed by atoms with Crippen LogP contribution in [0.15, 0.2) is 29.4 Å². The van der Waals surface area contributed by atoms with Crippen molar-refractivity contribution in [2.45, 2.75) is 32.0 Å². The van der Waals surface area contributed by atoms with E-state index in [0.717, 1.165) is 41.0 Å². The molecule has 0 N–H and O–H groups in total. The van der Waals surface area contributed by atoms with Crippen LogP contribution in [0.4, 0.5) is 0 Å². The van der Waals surface area contributed by atoms with E-state index in [1.54, 1.807) is 18.9 Å². The van der Waals surface area contributed by atoms with Gasteiger partial charge in [-0.25, -0.2) is 0 Å². The highest BCUT2D eigenvalue weighted by atomic mass is 32.2. The topological polar surface area (TPSA) is 39.9 Å². The molecule has 0 amide bonds. The van der Waals surface area contributed by atoms with Gasteiger partial charge < -0.3 is 9.30 Å². The van der Waals surface area contributed by atoms with Crippen LogP contribution in [0.1, 0.15) is 20.3 Å². The molecule has 0 aliphatic carbocycles. The molecule has 0 unspecified atom stereocenters. The second-order valence-corrected chi connectivity index (χ2v) is 5.19. The van der Waals surface area contributed by atoms with Crippen molar-refractivity contribution in [1.29, 1.82) is 0 Å². The van der Waals surface area contributed by atoms with Gasteiger partial charge in [0, 0.05) is 17.9 Å². The maximum atomic E-state index is 5.17. The first-order chi connectivity index (χ1) is 9.30. The van der Waals surface area contributed by atoms with Crippen LogP contribution in [-0.4, -0.2) is 27.6 Å². The summed E-state index contributed by atoms with van der Waals surface area (Å²) >= 11 is 1.76. The molecule has 19 heavy (non-hydrogen) atoms. The lowest BCUT2D eigenvalue weighted by atomic mass is 10.2. The minimum atomic E-state index is 0.854. The van der Waals surface area contributed by atoms with Gasteiger partial charge in [0.1, 0.15) is 5.75 Å². The number of methoxy groups -OCH3 is 1. The molecule has 0 bridgehead atoms. The lowest BCUT2D eigenvalue weighted by Gasteiger charge is -2.07. The Morgan fingerprint density at radius 1 is 1.16 bits per heavy atom. The van der Waals surface area contributed by atoms with Crippen molar-refractivity contribution in [1.82, 2.24) is 14.8 Å². The summed E-state index contributed by atoms with van der Waals surface area (Å²) in [6, 6.07) is 7.93. The third-order valence-corrected chi connectivity index (χ3v) is 3.99. The summed E-state index contributed by atoms with van der Waals surface area (Å²) in [5.41, 5.74) is 1.07. The van der Waals surface area contributed by atoms with E-state index in [2.05, 4.69) is 28.6 Å². The van der Waals surface area contributed by atoms with E-state index in [1.807, 2.05) is 24.3 Å². The van der Waals surface area contributed by atoms with E-state index in [1.165, 1.54) is 0 Å². The quantitative estimate of drug-likeness (QED) is 0.758. The van der Waals surface area contributed by atoms with Crippen molar-refractivity contribution in [3.05, 3.63) is 24.3 Å². The van der Waals surface area contributed by atoms with Crippen LogP contribution >= 0.6 is 11.8 Å². The number of ether oxygens (including phenoxy) is 1. The number of rotatable bonds is 6. The number of thioether (sulfide) groups is 1. The van der Waals surface area contributed by atoms with Crippen molar-refractivity contribution in [3.63, 3.8) is 0 Å². The molecule has 1 aromatic carbocycles. The second-order valence-electron chi connectivity index (χ2n) is 4.13. The van der Waals surface area contributed by atoms with E-state index in [0.29, 0.717) is 0 Å². The molecular formula is C14H19N3OS. The number of hydrogen-bond donors (Lipinski definition) is 0. The number of aromatic nitrogens is 3. The van der Waals surface area contributed by atoms with Gasteiger partial charge in [-0.15, -0.1) is 10.2 Å². The maximum Gasteiger partial charge on any atom is 0.191 e. The predicted molar refractivity (Wildman–Crippen MR) is 78.7 cm³/mol. The SMILES string of the molecule is CCCSc1nnc(-c2ccc(OC)cc2)n1CC. The molecular weight excluding hydrogens is 258 g/mol. The third-order valence-electron chi connectivity index (χ3n) is 2.82. The van der Waals surface area contributed by atoms with Gasteiger partial charge in [-0.3, -0.25) is 0 Å². The first-order valence-corrected chi connectivity index (χ1v) is 7.49. The van der Waals surface area contributed by atoms with Gasteiger partial charge in [0.05, 0.1) is 7.11 Å². The van der Waals surface area contributed by atoms with E-state index in [-0.39, 0.29) is 0 Å². The number of benzene rings is 1. The van der Waals surface area contributed by atoms with Gasteiger partial charge in [-0.05, 0) is 37.6 Å². The average Bonchev–Trinajstić information content (AvgIpc) is 2.88. The van der Waals surface area contributed by atoms with E-state index >= 15 is 0 Å². The van der Waals surface area contributed by atoms with Crippen LogP contribution in [0.2, 0.25) is 0 Å². The Bertz CT molecular complexity index is 522. The summed E-state index contributed by atoms with van der Waals surface area (Å²) in [5.74, 6) is 2.84. The average molecular weight is 277 g/mol. The molecule has 0 aliphatic heterocycles. The third kappa shape index (κ3) is 3.10. The molecule has 0 radical (unpaired) electrons. The molecule has 0 spiro atoms. The van der Waals surface area contributed by atoms with Crippen LogP contribution in [0.25, 0.3) is 11.4 Å². The minimum absolute atomic E-state index is 0.854. The molecule has 1 aromatic heterocycles. The van der Waals surface area contributed by atoms with Crippen molar-refractivity contribution in [2.75, 3.05) is 12.9 Å². The lowest BCUT2D eigenvalue weighted by molar-refractivity contribution is 0.415. The standard InChI is InChI=1S/C14H19N3OS/c1-4-10-19-14-16-15-13(17(14)5-2)11-6-8-12(18-3)9-7-11/h6-9H,4-5,10H2,1-3H3. The van der Waals surface area contributed by atoms with Crippen LogP contribution in [-0.2, 0) is 6.54 Å².